The predicted octanol–water partition coefficient (Wildman–Crippen LogP) is 2.23. The SMILES string of the molecule is CC(O)CC=CCN(C(=O)O)C(=O)OC(C)(C)C. The van der Waals surface area contributed by atoms with Crippen LogP contribution >= 0.6 is 0 Å². The minimum atomic E-state index is -1.37. The van der Waals surface area contributed by atoms with Gasteiger partial charge in [-0.3, -0.25) is 0 Å². The van der Waals surface area contributed by atoms with Gasteiger partial charge in [-0.2, -0.15) is 0 Å². The molecule has 104 valence electrons. The van der Waals surface area contributed by atoms with E-state index in [1.165, 1.54) is 6.08 Å². The first-order valence-electron chi connectivity index (χ1n) is 5.70. The molecule has 0 fully saturated rings. The Morgan fingerprint density at radius 1 is 1.33 bits per heavy atom. The van der Waals surface area contributed by atoms with Crippen molar-refractivity contribution >= 4 is 12.2 Å². The van der Waals surface area contributed by atoms with E-state index >= 15 is 0 Å². The van der Waals surface area contributed by atoms with E-state index in [1.807, 2.05) is 0 Å². The molecule has 0 saturated carbocycles. The van der Waals surface area contributed by atoms with Crippen LogP contribution in [-0.2, 0) is 4.74 Å². The Hall–Kier alpha value is -1.56. The first-order valence-corrected chi connectivity index (χ1v) is 5.70. The third-order valence-corrected chi connectivity index (χ3v) is 1.78. The monoisotopic (exact) mass is 259 g/mol. The van der Waals surface area contributed by atoms with Crippen molar-refractivity contribution < 1.29 is 24.5 Å². The van der Waals surface area contributed by atoms with E-state index in [2.05, 4.69) is 0 Å². The Bertz CT molecular complexity index is 317. The summed E-state index contributed by atoms with van der Waals surface area (Å²) in [5, 5.41) is 17.9. The number of rotatable bonds is 4. The maximum atomic E-state index is 11.6. The zero-order valence-electron chi connectivity index (χ0n) is 11.2. The van der Waals surface area contributed by atoms with Crippen molar-refractivity contribution in [1.29, 1.82) is 0 Å². The van der Waals surface area contributed by atoms with E-state index in [0.717, 1.165) is 0 Å². The van der Waals surface area contributed by atoms with Crippen LogP contribution in [-0.4, -0.2) is 45.5 Å². The summed E-state index contributed by atoms with van der Waals surface area (Å²) in [5.41, 5.74) is -0.742. The third kappa shape index (κ3) is 7.67. The highest BCUT2D eigenvalue weighted by Gasteiger charge is 2.25. The molecule has 2 N–H and O–H groups in total. The second-order valence-electron chi connectivity index (χ2n) is 4.93. The lowest BCUT2D eigenvalue weighted by Crippen LogP contribution is -2.40. The normalized spacial score (nSPS) is 13.4. The average molecular weight is 259 g/mol. The summed E-state index contributed by atoms with van der Waals surface area (Å²) in [7, 11) is 0. The van der Waals surface area contributed by atoms with Gasteiger partial charge in [0.25, 0.3) is 0 Å². The fourth-order valence-electron chi connectivity index (χ4n) is 1.02. The number of aliphatic hydroxyl groups excluding tert-OH is 1. The molecule has 18 heavy (non-hydrogen) atoms. The number of nitrogens with zero attached hydrogens (tertiary/aromatic N) is 1. The Morgan fingerprint density at radius 3 is 2.28 bits per heavy atom. The van der Waals surface area contributed by atoms with Crippen LogP contribution in [0, 0.1) is 0 Å². The summed E-state index contributed by atoms with van der Waals surface area (Å²) in [6.45, 7) is 6.50. The van der Waals surface area contributed by atoms with Gasteiger partial charge in [-0.05, 0) is 34.1 Å². The highest BCUT2D eigenvalue weighted by atomic mass is 16.6. The molecule has 0 saturated heterocycles. The van der Waals surface area contributed by atoms with Crippen molar-refractivity contribution in [3.63, 3.8) is 0 Å². The number of carbonyl (C=O) groups is 2. The van der Waals surface area contributed by atoms with Gasteiger partial charge in [-0.1, -0.05) is 12.2 Å². The maximum Gasteiger partial charge on any atom is 0.420 e. The highest BCUT2D eigenvalue weighted by Crippen LogP contribution is 2.10. The molecule has 1 unspecified atom stereocenters. The summed E-state index contributed by atoms with van der Waals surface area (Å²) < 4.78 is 4.96. The molecular weight excluding hydrogens is 238 g/mol. The number of carbonyl (C=O) groups excluding carboxylic acids is 1. The van der Waals surface area contributed by atoms with Crippen LogP contribution in [0.1, 0.15) is 34.1 Å². The van der Waals surface area contributed by atoms with Crippen LogP contribution in [0.3, 0.4) is 0 Å². The Morgan fingerprint density at radius 2 is 1.89 bits per heavy atom. The molecule has 0 rings (SSSR count). The van der Waals surface area contributed by atoms with Gasteiger partial charge < -0.3 is 14.9 Å². The zero-order chi connectivity index (χ0) is 14.3. The number of imide groups is 1. The number of hydrogen-bond donors (Lipinski definition) is 2. The topological polar surface area (TPSA) is 87.1 Å². The standard InChI is InChI=1S/C12H21NO5/c1-9(14)7-5-6-8-13(10(15)16)11(17)18-12(2,3)4/h5-6,9,14H,7-8H2,1-4H3,(H,15,16). The lowest BCUT2D eigenvalue weighted by molar-refractivity contribution is 0.0290. The smallest absolute Gasteiger partial charge is 0.420 e. The molecule has 6 heteroatoms. The quantitative estimate of drug-likeness (QED) is 0.756. The molecule has 2 amide bonds. The van der Waals surface area contributed by atoms with Crippen LogP contribution in [0.2, 0.25) is 0 Å². The Balaban J connectivity index is 4.44. The minimum Gasteiger partial charge on any atom is -0.465 e. The average Bonchev–Trinajstić information content (AvgIpc) is 2.12. The molecule has 0 bridgehead atoms. The van der Waals surface area contributed by atoms with Crippen LogP contribution in [0.5, 0.6) is 0 Å². The van der Waals surface area contributed by atoms with Crippen molar-refractivity contribution in [2.75, 3.05) is 6.54 Å². The van der Waals surface area contributed by atoms with Gasteiger partial charge in [-0.15, -0.1) is 0 Å². The van der Waals surface area contributed by atoms with E-state index in [1.54, 1.807) is 33.8 Å². The molecule has 0 aromatic heterocycles. The molecular formula is C12H21NO5. The van der Waals surface area contributed by atoms with Gasteiger partial charge >= 0.3 is 12.2 Å². The zero-order valence-corrected chi connectivity index (χ0v) is 11.2. The molecule has 0 spiro atoms. The van der Waals surface area contributed by atoms with Crippen LogP contribution in [0.25, 0.3) is 0 Å². The summed E-state index contributed by atoms with van der Waals surface area (Å²) in [4.78, 5) is 23.0. The van der Waals surface area contributed by atoms with Crippen molar-refractivity contribution in [3.8, 4) is 0 Å². The second-order valence-corrected chi connectivity index (χ2v) is 4.93. The number of ether oxygens (including phenoxy) is 1. The number of carboxylic acid groups (broad SMARTS) is 1. The third-order valence-electron chi connectivity index (χ3n) is 1.78. The van der Waals surface area contributed by atoms with Crippen LogP contribution in [0.4, 0.5) is 9.59 Å². The molecule has 0 aliphatic heterocycles. The van der Waals surface area contributed by atoms with Gasteiger partial charge in [0, 0.05) is 0 Å². The fraction of sp³-hybridized carbons (Fsp3) is 0.667. The van der Waals surface area contributed by atoms with Gasteiger partial charge in [-0.25, -0.2) is 14.5 Å². The molecule has 0 radical (unpaired) electrons. The van der Waals surface area contributed by atoms with Gasteiger partial charge in [0.15, 0.2) is 0 Å². The van der Waals surface area contributed by atoms with Crippen LogP contribution < -0.4 is 0 Å². The van der Waals surface area contributed by atoms with Gasteiger partial charge in [0.05, 0.1) is 12.6 Å². The summed E-state index contributed by atoms with van der Waals surface area (Å²) >= 11 is 0. The summed E-state index contributed by atoms with van der Waals surface area (Å²) in [5.74, 6) is 0. The number of aliphatic hydroxyl groups is 1. The largest absolute Gasteiger partial charge is 0.465 e. The molecule has 0 aliphatic carbocycles. The first-order chi connectivity index (χ1) is 8.13. The molecule has 0 aromatic rings. The maximum absolute atomic E-state index is 11.6. The van der Waals surface area contributed by atoms with E-state index in [0.29, 0.717) is 11.3 Å². The van der Waals surface area contributed by atoms with E-state index < -0.39 is 23.9 Å². The fourth-order valence-corrected chi connectivity index (χ4v) is 1.02. The van der Waals surface area contributed by atoms with Crippen molar-refractivity contribution in [1.82, 2.24) is 4.90 Å². The lowest BCUT2D eigenvalue weighted by Gasteiger charge is -2.23. The van der Waals surface area contributed by atoms with Crippen molar-refractivity contribution in [3.05, 3.63) is 12.2 Å². The Kier molecular flexibility index (Phi) is 6.40. The second kappa shape index (κ2) is 7.00. The number of amides is 2. The first kappa shape index (κ1) is 16.4. The summed E-state index contributed by atoms with van der Waals surface area (Å²) in [6, 6.07) is 0. The Labute approximate surface area is 107 Å². The lowest BCUT2D eigenvalue weighted by atomic mass is 10.2. The van der Waals surface area contributed by atoms with Gasteiger partial charge in [0.1, 0.15) is 5.60 Å². The van der Waals surface area contributed by atoms with E-state index in [9.17, 15) is 9.59 Å². The highest BCUT2D eigenvalue weighted by molar-refractivity contribution is 5.87. The molecule has 0 heterocycles. The molecule has 0 aliphatic rings. The molecule has 1 atom stereocenters. The van der Waals surface area contributed by atoms with E-state index in [4.69, 9.17) is 14.9 Å². The minimum absolute atomic E-state index is 0.100. The van der Waals surface area contributed by atoms with Gasteiger partial charge in [0.2, 0.25) is 0 Å². The van der Waals surface area contributed by atoms with E-state index in [-0.39, 0.29) is 6.54 Å². The van der Waals surface area contributed by atoms with Crippen LogP contribution in [0.15, 0.2) is 12.2 Å². The predicted molar refractivity (Wildman–Crippen MR) is 66.4 cm³/mol. The van der Waals surface area contributed by atoms with Crippen molar-refractivity contribution in [2.24, 2.45) is 0 Å². The molecule has 6 nitrogen and oxygen atoms in total. The number of hydrogen-bond acceptors (Lipinski definition) is 4. The van der Waals surface area contributed by atoms with Crippen molar-refractivity contribution in [2.45, 2.75) is 45.8 Å². The molecule has 0 aromatic carbocycles. The summed E-state index contributed by atoms with van der Waals surface area (Å²) in [6.07, 6.45) is 0.751.